The van der Waals surface area contributed by atoms with Crippen LogP contribution in [0.1, 0.15) is 17.6 Å². The highest BCUT2D eigenvalue weighted by Crippen LogP contribution is 2.17. The molecule has 0 aliphatic rings. The molecule has 1 aromatic heterocycles. The summed E-state index contributed by atoms with van der Waals surface area (Å²) < 4.78 is 0. The first-order chi connectivity index (χ1) is 8.63. The number of nitrogens with zero attached hydrogens (tertiary/aromatic N) is 1. The summed E-state index contributed by atoms with van der Waals surface area (Å²) in [5.74, 6) is -0.0669. The van der Waals surface area contributed by atoms with Crippen molar-refractivity contribution in [1.29, 1.82) is 0 Å². The Morgan fingerprint density at radius 3 is 2.83 bits per heavy atom. The highest BCUT2D eigenvalue weighted by atomic mass is 32.1. The minimum absolute atomic E-state index is 0.0669. The molecule has 0 fully saturated rings. The zero-order valence-electron chi connectivity index (χ0n) is 10.4. The zero-order chi connectivity index (χ0) is 13.0. The largest absolute Gasteiger partial charge is 0.378 e. The van der Waals surface area contributed by atoms with Gasteiger partial charge in [-0.05, 0) is 25.1 Å². The Morgan fingerprint density at radius 2 is 2.17 bits per heavy atom. The molecule has 0 bridgehead atoms. The highest BCUT2D eigenvalue weighted by Gasteiger charge is 2.00. The molecule has 5 heteroatoms. The number of amides is 1. The van der Waals surface area contributed by atoms with Crippen molar-refractivity contribution in [2.24, 2.45) is 0 Å². The van der Waals surface area contributed by atoms with Crippen LogP contribution in [-0.2, 0) is 11.3 Å². The van der Waals surface area contributed by atoms with Crippen molar-refractivity contribution in [3.05, 3.63) is 40.3 Å². The molecule has 0 saturated carbocycles. The molecule has 0 atom stereocenters. The summed E-state index contributed by atoms with van der Waals surface area (Å²) in [5.41, 5.74) is 2.81. The Hall–Kier alpha value is -1.88. The number of hydrogen-bond acceptors (Lipinski definition) is 4. The van der Waals surface area contributed by atoms with Crippen molar-refractivity contribution in [1.82, 2.24) is 4.98 Å². The molecule has 1 amide bonds. The summed E-state index contributed by atoms with van der Waals surface area (Å²) in [6, 6.07) is 7.63. The Bertz CT molecular complexity index is 551. The first-order valence-corrected chi connectivity index (χ1v) is 6.54. The maximum atomic E-state index is 11.0. The van der Waals surface area contributed by atoms with Crippen molar-refractivity contribution in [3.8, 4) is 0 Å². The summed E-state index contributed by atoms with van der Waals surface area (Å²) in [7, 11) is 0. The summed E-state index contributed by atoms with van der Waals surface area (Å²) >= 11 is 1.64. The molecule has 2 N–H and O–H groups in total. The Kier molecular flexibility index (Phi) is 3.94. The maximum absolute atomic E-state index is 11.0. The van der Waals surface area contributed by atoms with Crippen LogP contribution in [0, 0.1) is 6.92 Å². The van der Waals surface area contributed by atoms with Crippen LogP contribution in [0.4, 0.5) is 11.4 Å². The molecule has 0 radical (unpaired) electrons. The third kappa shape index (κ3) is 3.56. The van der Waals surface area contributed by atoms with Crippen molar-refractivity contribution in [2.75, 3.05) is 10.6 Å². The van der Waals surface area contributed by atoms with Crippen LogP contribution >= 0.6 is 11.3 Å². The topological polar surface area (TPSA) is 54.0 Å². The van der Waals surface area contributed by atoms with Crippen LogP contribution in [0.25, 0.3) is 0 Å². The van der Waals surface area contributed by atoms with Gasteiger partial charge in [0.2, 0.25) is 5.91 Å². The van der Waals surface area contributed by atoms with Crippen LogP contribution in [-0.4, -0.2) is 10.9 Å². The van der Waals surface area contributed by atoms with E-state index in [4.69, 9.17) is 0 Å². The predicted molar refractivity (Wildman–Crippen MR) is 74.9 cm³/mol. The molecule has 4 nitrogen and oxygen atoms in total. The highest BCUT2D eigenvalue weighted by molar-refractivity contribution is 7.09. The van der Waals surface area contributed by atoms with E-state index in [1.165, 1.54) is 6.92 Å². The molecule has 0 spiro atoms. The molecule has 0 saturated heterocycles. The van der Waals surface area contributed by atoms with E-state index in [2.05, 4.69) is 15.6 Å². The molecule has 0 aliphatic carbocycles. The number of carbonyl (C=O) groups is 1. The fourth-order valence-electron chi connectivity index (χ4n) is 1.57. The van der Waals surface area contributed by atoms with E-state index in [0.29, 0.717) is 6.54 Å². The molecule has 1 heterocycles. The molecule has 0 aliphatic heterocycles. The number of hydrogen-bond donors (Lipinski definition) is 2. The lowest BCUT2D eigenvalue weighted by atomic mass is 10.2. The molecule has 18 heavy (non-hydrogen) atoms. The van der Waals surface area contributed by atoms with E-state index < -0.39 is 0 Å². The fourth-order valence-corrected chi connectivity index (χ4v) is 2.28. The van der Waals surface area contributed by atoms with Gasteiger partial charge in [-0.3, -0.25) is 4.79 Å². The lowest BCUT2D eigenvalue weighted by Crippen LogP contribution is -2.06. The Balaban J connectivity index is 1.98. The lowest BCUT2D eigenvalue weighted by molar-refractivity contribution is -0.114. The van der Waals surface area contributed by atoms with Crippen molar-refractivity contribution >= 4 is 28.6 Å². The number of aromatic nitrogens is 1. The van der Waals surface area contributed by atoms with E-state index >= 15 is 0 Å². The van der Waals surface area contributed by atoms with E-state index in [-0.39, 0.29) is 5.91 Å². The summed E-state index contributed by atoms with van der Waals surface area (Å²) in [4.78, 5) is 15.3. The molecule has 1 aromatic carbocycles. The van der Waals surface area contributed by atoms with Crippen molar-refractivity contribution < 1.29 is 4.79 Å². The fraction of sp³-hybridized carbons (Fsp3) is 0.231. The maximum Gasteiger partial charge on any atom is 0.221 e. The van der Waals surface area contributed by atoms with Crippen LogP contribution in [0.15, 0.2) is 29.6 Å². The number of carbonyl (C=O) groups excluding carboxylic acids is 1. The van der Waals surface area contributed by atoms with Gasteiger partial charge in [0, 0.05) is 29.4 Å². The molecule has 2 aromatic rings. The van der Waals surface area contributed by atoms with Crippen molar-refractivity contribution in [3.63, 3.8) is 0 Å². The number of benzene rings is 1. The van der Waals surface area contributed by atoms with Gasteiger partial charge in [0.25, 0.3) is 0 Å². The second kappa shape index (κ2) is 5.64. The van der Waals surface area contributed by atoms with Gasteiger partial charge in [0.15, 0.2) is 0 Å². The summed E-state index contributed by atoms with van der Waals surface area (Å²) in [6.07, 6.45) is 0. The monoisotopic (exact) mass is 261 g/mol. The molecule has 0 unspecified atom stereocenters. The van der Waals surface area contributed by atoms with Crippen molar-refractivity contribution in [2.45, 2.75) is 20.4 Å². The number of aryl methyl sites for hydroxylation is 1. The normalized spacial score (nSPS) is 10.1. The Labute approximate surface area is 110 Å². The van der Waals surface area contributed by atoms with Crippen LogP contribution in [0.2, 0.25) is 0 Å². The number of nitrogens with one attached hydrogen (secondary N) is 2. The van der Waals surface area contributed by atoms with Gasteiger partial charge in [-0.25, -0.2) is 4.98 Å². The zero-order valence-corrected chi connectivity index (χ0v) is 11.2. The smallest absolute Gasteiger partial charge is 0.221 e. The van der Waals surface area contributed by atoms with Crippen LogP contribution in [0.3, 0.4) is 0 Å². The third-order valence-electron chi connectivity index (χ3n) is 2.29. The first kappa shape index (κ1) is 12.6. The van der Waals surface area contributed by atoms with E-state index in [9.17, 15) is 4.79 Å². The Morgan fingerprint density at radius 1 is 1.39 bits per heavy atom. The lowest BCUT2D eigenvalue weighted by Gasteiger charge is -2.07. The van der Waals surface area contributed by atoms with Gasteiger partial charge in [-0.2, -0.15) is 0 Å². The van der Waals surface area contributed by atoms with Crippen LogP contribution < -0.4 is 10.6 Å². The molecular formula is C13H15N3OS. The third-order valence-corrected chi connectivity index (χ3v) is 3.26. The van der Waals surface area contributed by atoms with Gasteiger partial charge < -0.3 is 10.6 Å². The average molecular weight is 261 g/mol. The number of anilines is 2. The molecule has 94 valence electrons. The van der Waals surface area contributed by atoms with Gasteiger partial charge in [0.1, 0.15) is 5.01 Å². The van der Waals surface area contributed by atoms with E-state index in [0.717, 1.165) is 22.1 Å². The minimum atomic E-state index is -0.0669. The summed E-state index contributed by atoms with van der Waals surface area (Å²) in [5, 5.41) is 9.13. The van der Waals surface area contributed by atoms with E-state index in [1.54, 1.807) is 11.3 Å². The quantitative estimate of drug-likeness (QED) is 0.889. The van der Waals surface area contributed by atoms with Crippen LogP contribution in [0.5, 0.6) is 0 Å². The summed E-state index contributed by atoms with van der Waals surface area (Å²) in [6.45, 7) is 4.18. The van der Waals surface area contributed by atoms with Gasteiger partial charge in [-0.1, -0.05) is 6.07 Å². The molecular weight excluding hydrogens is 246 g/mol. The SMILES string of the molecule is CC(=O)Nc1cccc(NCc2nc(C)cs2)c1. The second-order valence-electron chi connectivity index (χ2n) is 4.00. The standard InChI is InChI=1S/C13H15N3OS/c1-9-8-18-13(15-9)7-14-11-4-3-5-12(6-11)16-10(2)17/h3-6,8,14H,7H2,1-2H3,(H,16,17). The first-order valence-electron chi connectivity index (χ1n) is 5.66. The number of rotatable bonds is 4. The number of thiazole rings is 1. The second-order valence-corrected chi connectivity index (χ2v) is 4.94. The average Bonchev–Trinajstić information content (AvgIpc) is 2.72. The van der Waals surface area contributed by atoms with Gasteiger partial charge in [-0.15, -0.1) is 11.3 Å². The van der Waals surface area contributed by atoms with E-state index in [1.807, 2.05) is 36.6 Å². The van der Waals surface area contributed by atoms with Gasteiger partial charge in [0.05, 0.1) is 6.54 Å². The van der Waals surface area contributed by atoms with Gasteiger partial charge >= 0.3 is 0 Å². The molecule has 2 rings (SSSR count). The predicted octanol–water partition coefficient (Wildman–Crippen LogP) is 3.02. The minimum Gasteiger partial charge on any atom is -0.378 e.